The normalized spacial score (nSPS) is 10.8. The minimum Gasteiger partial charge on any atom is -0.339 e. The van der Waals surface area contributed by atoms with Gasteiger partial charge in [-0.25, -0.2) is 4.98 Å². The zero-order chi connectivity index (χ0) is 13.0. The van der Waals surface area contributed by atoms with E-state index in [9.17, 15) is 4.79 Å². The smallest absolute Gasteiger partial charge is 0.234 e. The van der Waals surface area contributed by atoms with Gasteiger partial charge in [0.2, 0.25) is 5.89 Å². The number of aryl methyl sites for hydroxylation is 1. The molecule has 0 bridgehead atoms. The Hall–Kier alpha value is -1.56. The van der Waals surface area contributed by atoms with E-state index in [4.69, 9.17) is 4.52 Å². The fraction of sp³-hybridized carbons (Fsp3) is 0.500. The number of carbonyl (C=O) groups is 1. The second-order valence-corrected chi connectivity index (χ2v) is 5.07. The molecule has 0 N–H and O–H groups in total. The van der Waals surface area contributed by atoms with Crippen molar-refractivity contribution in [3.05, 3.63) is 27.8 Å². The van der Waals surface area contributed by atoms with Gasteiger partial charge in [0.1, 0.15) is 10.8 Å². The highest BCUT2D eigenvalue weighted by Gasteiger charge is 2.12. The number of thiazole rings is 1. The van der Waals surface area contributed by atoms with E-state index in [1.165, 1.54) is 0 Å². The van der Waals surface area contributed by atoms with Crippen molar-refractivity contribution in [2.45, 2.75) is 39.5 Å². The van der Waals surface area contributed by atoms with Crippen LogP contribution in [0.4, 0.5) is 0 Å². The molecule has 96 valence electrons. The van der Waals surface area contributed by atoms with Crippen molar-refractivity contribution >= 4 is 17.1 Å². The number of aromatic nitrogens is 3. The van der Waals surface area contributed by atoms with Gasteiger partial charge >= 0.3 is 0 Å². The van der Waals surface area contributed by atoms with Crippen molar-refractivity contribution in [3.8, 4) is 0 Å². The maximum Gasteiger partial charge on any atom is 0.234 e. The summed E-state index contributed by atoms with van der Waals surface area (Å²) in [5.41, 5.74) is 0.997. The highest BCUT2D eigenvalue weighted by molar-refractivity contribution is 7.09. The molecular weight excluding hydrogens is 250 g/mol. The second kappa shape index (κ2) is 5.86. The average Bonchev–Trinajstić information content (AvgIpc) is 2.89. The number of hydrogen-bond donors (Lipinski definition) is 0. The molecule has 0 saturated carbocycles. The molecule has 0 saturated heterocycles. The number of nitrogens with zero attached hydrogens (tertiary/aromatic N) is 3. The molecule has 0 amide bonds. The molecule has 0 aliphatic carbocycles. The predicted octanol–water partition coefficient (Wildman–Crippen LogP) is 2.34. The van der Waals surface area contributed by atoms with Crippen molar-refractivity contribution in [2.24, 2.45) is 0 Å². The number of Topliss-reactive ketones (excluding diaryl/α,β-unsaturated/α-hetero) is 1. The molecule has 2 aromatic heterocycles. The van der Waals surface area contributed by atoms with Crippen molar-refractivity contribution < 1.29 is 9.32 Å². The van der Waals surface area contributed by atoms with E-state index >= 15 is 0 Å². The monoisotopic (exact) mass is 265 g/mol. The summed E-state index contributed by atoms with van der Waals surface area (Å²) < 4.78 is 5.06. The fourth-order valence-corrected chi connectivity index (χ4v) is 2.36. The summed E-state index contributed by atoms with van der Waals surface area (Å²) >= 11 is 1.58. The van der Waals surface area contributed by atoms with Gasteiger partial charge in [-0.1, -0.05) is 12.1 Å². The Morgan fingerprint density at radius 3 is 2.94 bits per heavy atom. The van der Waals surface area contributed by atoms with Crippen LogP contribution in [0.25, 0.3) is 0 Å². The summed E-state index contributed by atoms with van der Waals surface area (Å²) in [5, 5.41) is 6.81. The highest BCUT2D eigenvalue weighted by Crippen LogP contribution is 2.13. The first-order valence-corrected chi connectivity index (χ1v) is 6.79. The van der Waals surface area contributed by atoms with Crippen molar-refractivity contribution in [1.29, 1.82) is 0 Å². The van der Waals surface area contributed by atoms with E-state index < -0.39 is 0 Å². The third kappa shape index (κ3) is 3.46. The minimum absolute atomic E-state index is 0.137. The molecule has 0 aliphatic rings. The Morgan fingerprint density at radius 2 is 2.28 bits per heavy atom. The SMILES string of the molecule is CCCC(=O)Cc1nc(Cc2nc(C)cs2)no1. The molecule has 18 heavy (non-hydrogen) atoms. The maximum atomic E-state index is 11.4. The zero-order valence-electron chi connectivity index (χ0n) is 10.5. The molecular formula is C12H15N3O2S. The molecule has 0 fully saturated rings. The molecule has 6 heteroatoms. The molecule has 0 spiro atoms. The Labute approximate surface area is 109 Å². The number of carbonyl (C=O) groups excluding carboxylic acids is 1. The van der Waals surface area contributed by atoms with Gasteiger partial charge in [0, 0.05) is 17.5 Å². The first kappa shape index (κ1) is 12.9. The lowest BCUT2D eigenvalue weighted by atomic mass is 10.2. The quantitative estimate of drug-likeness (QED) is 0.801. The third-order valence-corrected chi connectivity index (χ3v) is 3.33. The number of rotatable bonds is 6. The van der Waals surface area contributed by atoms with Crippen molar-refractivity contribution in [2.75, 3.05) is 0 Å². The van der Waals surface area contributed by atoms with Gasteiger partial charge in [-0.3, -0.25) is 4.79 Å². The van der Waals surface area contributed by atoms with Crippen LogP contribution in [0.1, 0.15) is 42.2 Å². The zero-order valence-corrected chi connectivity index (χ0v) is 11.3. The van der Waals surface area contributed by atoms with E-state index in [-0.39, 0.29) is 12.2 Å². The Morgan fingerprint density at radius 1 is 1.44 bits per heavy atom. The van der Waals surface area contributed by atoms with Crippen LogP contribution in [0.3, 0.4) is 0 Å². The molecule has 2 rings (SSSR count). The van der Waals surface area contributed by atoms with Gasteiger partial charge in [-0.2, -0.15) is 4.98 Å². The van der Waals surface area contributed by atoms with E-state index in [1.807, 2.05) is 19.2 Å². The maximum absolute atomic E-state index is 11.4. The van der Waals surface area contributed by atoms with Gasteiger partial charge in [-0.15, -0.1) is 11.3 Å². The minimum atomic E-state index is 0.137. The first-order chi connectivity index (χ1) is 8.67. The molecule has 0 aliphatic heterocycles. The molecule has 0 unspecified atom stereocenters. The van der Waals surface area contributed by atoms with Gasteiger partial charge in [-0.05, 0) is 13.3 Å². The highest BCUT2D eigenvalue weighted by atomic mass is 32.1. The summed E-state index contributed by atoms with van der Waals surface area (Å²) in [6, 6.07) is 0. The molecule has 2 aromatic rings. The van der Waals surface area contributed by atoms with Crippen molar-refractivity contribution in [1.82, 2.24) is 15.1 Å². The van der Waals surface area contributed by atoms with Crippen molar-refractivity contribution in [3.63, 3.8) is 0 Å². The van der Waals surface area contributed by atoms with E-state index in [2.05, 4.69) is 15.1 Å². The van der Waals surface area contributed by atoms with Crippen LogP contribution in [0.5, 0.6) is 0 Å². The van der Waals surface area contributed by atoms with Crippen LogP contribution >= 0.6 is 11.3 Å². The number of hydrogen-bond acceptors (Lipinski definition) is 6. The standard InChI is InChI=1S/C12H15N3O2S/c1-3-4-9(16)5-11-14-10(15-17-11)6-12-13-8(2)7-18-12/h7H,3-6H2,1-2H3. The lowest BCUT2D eigenvalue weighted by Crippen LogP contribution is -2.02. The molecule has 0 radical (unpaired) electrons. The van der Waals surface area contributed by atoms with Crippen LogP contribution in [0.15, 0.2) is 9.90 Å². The van der Waals surface area contributed by atoms with Crippen LogP contribution in [0, 0.1) is 6.92 Å². The van der Waals surface area contributed by atoms with E-state index in [1.54, 1.807) is 11.3 Å². The largest absolute Gasteiger partial charge is 0.339 e. The van der Waals surface area contributed by atoms with Gasteiger partial charge in [0.15, 0.2) is 5.82 Å². The molecule has 0 atom stereocenters. The summed E-state index contributed by atoms with van der Waals surface area (Å²) in [4.78, 5) is 20.0. The van der Waals surface area contributed by atoms with Crippen LogP contribution in [0.2, 0.25) is 0 Å². The van der Waals surface area contributed by atoms with Gasteiger partial charge in [0.05, 0.1) is 12.8 Å². The summed E-state index contributed by atoms with van der Waals surface area (Å²) in [6.07, 6.45) is 2.20. The van der Waals surface area contributed by atoms with Gasteiger partial charge in [0.25, 0.3) is 0 Å². The first-order valence-electron chi connectivity index (χ1n) is 5.91. The topological polar surface area (TPSA) is 68.9 Å². The molecule has 5 nitrogen and oxygen atoms in total. The van der Waals surface area contributed by atoms with E-state index in [0.717, 1.165) is 17.1 Å². The van der Waals surface area contributed by atoms with Crippen LogP contribution in [-0.2, 0) is 17.6 Å². The van der Waals surface area contributed by atoms with E-state index in [0.29, 0.717) is 24.6 Å². The Kier molecular flexibility index (Phi) is 4.19. The lowest BCUT2D eigenvalue weighted by Gasteiger charge is -1.91. The molecule has 2 heterocycles. The number of ketones is 1. The van der Waals surface area contributed by atoms with Crippen LogP contribution < -0.4 is 0 Å². The Bertz CT molecular complexity index is 533. The summed E-state index contributed by atoms with van der Waals surface area (Å²) in [6.45, 7) is 3.92. The molecule has 0 aromatic carbocycles. The summed E-state index contributed by atoms with van der Waals surface area (Å²) in [5.74, 6) is 1.12. The van der Waals surface area contributed by atoms with Crippen LogP contribution in [-0.4, -0.2) is 20.9 Å². The van der Waals surface area contributed by atoms with Gasteiger partial charge < -0.3 is 4.52 Å². The fourth-order valence-electron chi connectivity index (χ4n) is 1.59. The Balaban J connectivity index is 1.95. The second-order valence-electron chi connectivity index (χ2n) is 4.13. The average molecular weight is 265 g/mol. The predicted molar refractivity (Wildman–Crippen MR) is 67.6 cm³/mol. The summed E-state index contributed by atoms with van der Waals surface area (Å²) in [7, 11) is 0. The lowest BCUT2D eigenvalue weighted by molar-refractivity contribution is -0.118. The third-order valence-electron chi connectivity index (χ3n) is 2.36.